The smallest absolute Gasteiger partial charge is 0.234 e. The number of hydrogen-bond donors (Lipinski definition) is 2. The Morgan fingerprint density at radius 1 is 1.30 bits per heavy atom. The van der Waals surface area contributed by atoms with E-state index in [4.69, 9.17) is 11.6 Å². The van der Waals surface area contributed by atoms with Gasteiger partial charge in [-0.15, -0.1) is 0 Å². The van der Waals surface area contributed by atoms with E-state index in [1.54, 1.807) is 0 Å². The lowest BCUT2D eigenvalue weighted by atomic mass is 9.90. The maximum atomic E-state index is 11.9. The van der Waals surface area contributed by atoms with Gasteiger partial charge in [0.1, 0.15) is 0 Å². The predicted octanol–water partition coefficient (Wildman–Crippen LogP) is 1.04. The third-order valence-electron chi connectivity index (χ3n) is 3.83. The highest BCUT2D eigenvalue weighted by Gasteiger charge is 2.32. The standard InChI is InChI=1S/C14H15ClN2O3/c15-13-9(10-4-5-12(19)16-14(10)20)2-1-3-11(13)17-6-8(18)7-17/h1-3,8,10,18H,4-7H2,(H,16,19,20). The van der Waals surface area contributed by atoms with Crippen molar-refractivity contribution in [3.8, 4) is 0 Å². The molecule has 20 heavy (non-hydrogen) atoms. The molecular formula is C14H15ClN2O3. The van der Waals surface area contributed by atoms with Gasteiger partial charge in [-0.05, 0) is 18.1 Å². The Labute approximate surface area is 121 Å². The Bertz CT molecular complexity index is 570. The minimum atomic E-state index is -0.383. The van der Waals surface area contributed by atoms with Crippen molar-refractivity contribution in [2.45, 2.75) is 24.9 Å². The van der Waals surface area contributed by atoms with Gasteiger partial charge in [0.15, 0.2) is 0 Å². The van der Waals surface area contributed by atoms with Gasteiger partial charge in [-0.2, -0.15) is 0 Å². The molecular weight excluding hydrogens is 280 g/mol. The van der Waals surface area contributed by atoms with Gasteiger partial charge in [0.05, 0.1) is 22.7 Å². The van der Waals surface area contributed by atoms with Crippen LogP contribution in [-0.4, -0.2) is 36.1 Å². The Morgan fingerprint density at radius 2 is 2.05 bits per heavy atom. The first-order chi connectivity index (χ1) is 9.56. The second-order valence-electron chi connectivity index (χ2n) is 5.24. The summed E-state index contributed by atoms with van der Waals surface area (Å²) in [5, 5.41) is 12.3. The van der Waals surface area contributed by atoms with Crippen molar-refractivity contribution in [3.05, 3.63) is 28.8 Å². The molecule has 0 aromatic heterocycles. The van der Waals surface area contributed by atoms with Crippen LogP contribution >= 0.6 is 11.6 Å². The number of carbonyl (C=O) groups excluding carboxylic acids is 2. The summed E-state index contributed by atoms with van der Waals surface area (Å²) in [6.07, 6.45) is 0.501. The predicted molar refractivity (Wildman–Crippen MR) is 74.8 cm³/mol. The first kappa shape index (κ1) is 13.4. The summed E-state index contributed by atoms with van der Waals surface area (Å²) in [6.45, 7) is 1.11. The summed E-state index contributed by atoms with van der Waals surface area (Å²) in [7, 11) is 0. The topological polar surface area (TPSA) is 69.6 Å². The van der Waals surface area contributed by atoms with E-state index in [1.807, 2.05) is 23.1 Å². The lowest BCUT2D eigenvalue weighted by molar-refractivity contribution is -0.134. The monoisotopic (exact) mass is 294 g/mol. The maximum absolute atomic E-state index is 11.9. The van der Waals surface area contributed by atoms with Crippen molar-refractivity contribution in [2.75, 3.05) is 18.0 Å². The minimum absolute atomic E-state index is 0.232. The molecule has 0 saturated carbocycles. The summed E-state index contributed by atoms with van der Waals surface area (Å²) < 4.78 is 0. The molecule has 2 N–H and O–H groups in total. The second kappa shape index (κ2) is 5.07. The SMILES string of the molecule is O=C1CCC(c2cccc(N3CC(O)C3)c2Cl)C(=O)N1. The van der Waals surface area contributed by atoms with Crippen LogP contribution in [0.5, 0.6) is 0 Å². The van der Waals surface area contributed by atoms with Crippen LogP contribution in [0.2, 0.25) is 5.02 Å². The first-order valence-electron chi connectivity index (χ1n) is 6.61. The molecule has 2 heterocycles. The maximum Gasteiger partial charge on any atom is 0.234 e. The number of nitrogens with one attached hydrogen (secondary N) is 1. The molecule has 1 atom stereocenters. The van der Waals surface area contributed by atoms with E-state index in [0.29, 0.717) is 31.0 Å². The largest absolute Gasteiger partial charge is 0.389 e. The molecule has 2 aliphatic heterocycles. The fourth-order valence-corrected chi connectivity index (χ4v) is 3.07. The van der Waals surface area contributed by atoms with Crippen LogP contribution in [0.25, 0.3) is 0 Å². The van der Waals surface area contributed by atoms with Gasteiger partial charge in [-0.25, -0.2) is 0 Å². The van der Waals surface area contributed by atoms with Gasteiger partial charge in [-0.1, -0.05) is 23.7 Å². The number of hydrogen-bond acceptors (Lipinski definition) is 4. The molecule has 1 aromatic rings. The highest BCUT2D eigenvalue weighted by Crippen LogP contribution is 2.37. The molecule has 5 nitrogen and oxygen atoms in total. The number of carbonyl (C=O) groups is 2. The number of imide groups is 1. The number of amides is 2. The number of aliphatic hydroxyl groups excluding tert-OH is 1. The van der Waals surface area contributed by atoms with Crippen LogP contribution in [0.15, 0.2) is 18.2 Å². The van der Waals surface area contributed by atoms with Gasteiger partial charge in [0, 0.05) is 19.5 Å². The Hall–Kier alpha value is -1.59. The zero-order chi connectivity index (χ0) is 14.3. The second-order valence-corrected chi connectivity index (χ2v) is 5.62. The molecule has 2 fully saturated rings. The number of aliphatic hydroxyl groups is 1. The fraction of sp³-hybridized carbons (Fsp3) is 0.429. The van der Waals surface area contributed by atoms with E-state index >= 15 is 0 Å². The molecule has 0 aliphatic carbocycles. The fourth-order valence-electron chi connectivity index (χ4n) is 2.69. The van der Waals surface area contributed by atoms with Crippen molar-refractivity contribution in [3.63, 3.8) is 0 Å². The highest BCUT2D eigenvalue weighted by atomic mass is 35.5. The Balaban J connectivity index is 1.88. The van der Waals surface area contributed by atoms with E-state index in [1.165, 1.54) is 0 Å². The van der Waals surface area contributed by atoms with Crippen molar-refractivity contribution in [2.24, 2.45) is 0 Å². The van der Waals surface area contributed by atoms with Crippen LogP contribution < -0.4 is 10.2 Å². The number of β-amino-alcohol motifs (C(OH)–C–C–N with tert-alkyl or cyclic N) is 1. The third-order valence-corrected chi connectivity index (χ3v) is 4.24. The lowest BCUT2D eigenvalue weighted by Gasteiger charge is -2.39. The van der Waals surface area contributed by atoms with Crippen LogP contribution in [0.3, 0.4) is 0 Å². The Kier molecular flexibility index (Phi) is 3.40. The van der Waals surface area contributed by atoms with Crippen LogP contribution in [-0.2, 0) is 9.59 Å². The summed E-state index contributed by atoms with van der Waals surface area (Å²) >= 11 is 6.41. The molecule has 1 unspecified atom stereocenters. The quantitative estimate of drug-likeness (QED) is 0.800. The molecule has 3 rings (SSSR count). The van der Waals surface area contributed by atoms with Crippen molar-refractivity contribution in [1.29, 1.82) is 0 Å². The van der Waals surface area contributed by atoms with Crippen LogP contribution in [0, 0.1) is 0 Å². The summed E-state index contributed by atoms with van der Waals surface area (Å²) in [6, 6.07) is 5.55. The van der Waals surface area contributed by atoms with Gasteiger partial charge in [0.25, 0.3) is 0 Å². The van der Waals surface area contributed by atoms with Gasteiger partial charge >= 0.3 is 0 Å². The molecule has 2 saturated heterocycles. The molecule has 2 amide bonds. The zero-order valence-corrected chi connectivity index (χ0v) is 11.6. The molecule has 2 aliphatic rings. The molecule has 0 radical (unpaired) electrons. The molecule has 6 heteroatoms. The van der Waals surface area contributed by atoms with Crippen LogP contribution in [0.4, 0.5) is 5.69 Å². The Morgan fingerprint density at radius 3 is 2.70 bits per heavy atom. The number of rotatable bonds is 2. The van der Waals surface area contributed by atoms with Crippen molar-refractivity contribution < 1.29 is 14.7 Å². The molecule has 0 spiro atoms. The zero-order valence-electron chi connectivity index (χ0n) is 10.8. The molecule has 106 valence electrons. The van der Waals surface area contributed by atoms with E-state index in [2.05, 4.69) is 5.32 Å². The summed E-state index contributed by atoms with van der Waals surface area (Å²) in [5.41, 5.74) is 1.58. The summed E-state index contributed by atoms with van der Waals surface area (Å²) in [5.74, 6) is -0.903. The van der Waals surface area contributed by atoms with Crippen molar-refractivity contribution >= 4 is 29.1 Å². The number of benzene rings is 1. The number of piperidine rings is 1. The lowest BCUT2D eigenvalue weighted by Crippen LogP contribution is -2.51. The minimum Gasteiger partial charge on any atom is -0.389 e. The highest BCUT2D eigenvalue weighted by molar-refractivity contribution is 6.34. The molecule has 1 aromatic carbocycles. The normalized spacial score (nSPS) is 23.5. The third kappa shape index (κ3) is 2.27. The average molecular weight is 295 g/mol. The van der Waals surface area contributed by atoms with E-state index in [0.717, 1.165) is 11.3 Å². The summed E-state index contributed by atoms with van der Waals surface area (Å²) in [4.78, 5) is 25.1. The van der Waals surface area contributed by atoms with Crippen molar-refractivity contribution in [1.82, 2.24) is 5.32 Å². The average Bonchev–Trinajstić information content (AvgIpc) is 2.37. The number of halogens is 1. The van der Waals surface area contributed by atoms with E-state index in [9.17, 15) is 14.7 Å². The van der Waals surface area contributed by atoms with Gasteiger partial charge < -0.3 is 10.0 Å². The van der Waals surface area contributed by atoms with Gasteiger partial charge in [-0.3, -0.25) is 14.9 Å². The first-order valence-corrected chi connectivity index (χ1v) is 6.99. The van der Waals surface area contributed by atoms with Gasteiger partial charge in [0.2, 0.25) is 11.8 Å². The van der Waals surface area contributed by atoms with E-state index < -0.39 is 0 Å². The van der Waals surface area contributed by atoms with Crippen LogP contribution in [0.1, 0.15) is 24.3 Å². The number of nitrogens with zero attached hydrogens (tertiary/aromatic N) is 1. The van der Waals surface area contributed by atoms with E-state index in [-0.39, 0.29) is 23.8 Å². The number of anilines is 1. The molecule has 0 bridgehead atoms.